The van der Waals surface area contributed by atoms with Crippen LogP contribution in [0.5, 0.6) is 0 Å². The van der Waals surface area contributed by atoms with Crippen molar-refractivity contribution in [2.75, 3.05) is 0 Å². The standard InChI is InChI=1S/C40H37NSi/c1-28-33-24-16-15-17-29(33)27-34-36(28)39(2,3)40(4,5)37-35(25-26-41-38(34)37)42(30-18-9-6-10-19-30,31-20-11-7-12-21-31)32-22-13-8-14-23-32/h6-27H,1-5H3. The van der Waals surface area contributed by atoms with Gasteiger partial charge in [0.2, 0.25) is 0 Å². The van der Waals surface area contributed by atoms with Crippen molar-refractivity contribution in [3.05, 3.63) is 150 Å². The highest BCUT2D eigenvalue weighted by Gasteiger charge is 2.52. The van der Waals surface area contributed by atoms with Crippen molar-refractivity contribution in [2.45, 2.75) is 45.4 Å². The van der Waals surface area contributed by atoms with Crippen LogP contribution in [0.1, 0.15) is 44.4 Å². The molecule has 0 saturated carbocycles. The fraction of sp³-hybridized carbons (Fsp3) is 0.175. The van der Waals surface area contributed by atoms with Gasteiger partial charge in [0.15, 0.2) is 8.07 Å². The van der Waals surface area contributed by atoms with Crippen LogP contribution in [0.3, 0.4) is 0 Å². The highest BCUT2D eigenvalue weighted by atomic mass is 28.3. The van der Waals surface area contributed by atoms with Gasteiger partial charge in [-0.2, -0.15) is 0 Å². The van der Waals surface area contributed by atoms with E-state index < -0.39 is 8.07 Å². The molecule has 2 heteroatoms. The summed E-state index contributed by atoms with van der Waals surface area (Å²) in [5.41, 5.74) is 6.28. The quantitative estimate of drug-likeness (QED) is 0.165. The third kappa shape index (κ3) is 3.58. The van der Waals surface area contributed by atoms with Crippen molar-refractivity contribution in [3.63, 3.8) is 0 Å². The molecule has 0 aliphatic heterocycles. The lowest BCUT2D eigenvalue weighted by atomic mass is 9.55. The van der Waals surface area contributed by atoms with Gasteiger partial charge < -0.3 is 0 Å². The van der Waals surface area contributed by atoms with Crippen LogP contribution in [-0.4, -0.2) is 13.1 Å². The number of fused-ring (bicyclic) bond motifs is 4. The number of hydrogen-bond donors (Lipinski definition) is 0. The highest BCUT2D eigenvalue weighted by molar-refractivity contribution is 7.20. The zero-order valence-corrected chi connectivity index (χ0v) is 26.1. The van der Waals surface area contributed by atoms with E-state index in [0.29, 0.717) is 0 Å². The molecule has 1 aliphatic carbocycles. The van der Waals surface area contributed by atoms with Gasteiger partial charge in [-0.1, -0.05) is 143 Å². The zero-order chi connectivity index (χ0) is 29.1. The van der Waals surface area contributed by atoms with Gasteiger partial charge in [-0.25, -0.2) is 0 Å². The maximum absolute atomic E-state index is 5.25. The first-order valence-corrected chi connectivity index (χ1v) is 17.0. The van der Waals surface area contributed by atoms with Gasteiger partial charge in [-0.3, -0.25) is 4.98 Å². The van der Waals surface area contributed by atoms with Crippen LogP contribution < -0.4 is 20.7 Å². The van der Waals surface area contributed by atoms with Crippen LogP contribution in [0.2, 0.25) is 0 Å². The summed E-state index contributed by atoms with van der Waals surface area (Å²) in [5, 5.41) is 8.23. The highest BCUT2D eigenvalue weighted by Crippen LogP contribution is 2.55. The lowest BCUT2D eigenvalue weighted by molar-refractivity contribution is 0.298. The molecular formula is C40H37NSi. The number of aryl methyl sites for hydroxylation is 1. The van der Waals surface area contributed by atoms with Crippen molar-refractivity contribution < 1.29 is 0 Å². The third-order valence-electron chi connectivity index (χ3n) is 10.4. The van der Waals surface area contributed by atoms with E-state index in [1.54, 1.807) is 0 Å². The second-order valence-corrected chi connectivity index (χ2v) is 16.6. The maximum Gasteiger partial charge on any atom is 0.180 e. The lowest BCUT2D eigenvalue weighted by Crippen LogP contribution is -2.76. The van der Waals surface area contributed by atoms with E-state index in [1.807, 2.05) is 0 Å². The largest absolute Gasteiger partial charge is 0.256 e. The Morgan fingerprint density at radius 3 is 1.57 bits per heavy atom. The molecule has 0 saturated heterocycles. The lowest BCUT2D eigenvalue weighted by Gasteiger charge is -2.51. The van der Waals surface area contributed by atoms with Crippen LogP contribution in [0, 0.1) is 6.92 Å². The summed E-state index contributed by atoms with van der Waals surface area (Å²) in [6.07, 6.45) is 2.08. The van der Waals surface area contributed by atoms with Crippen molar-refractivity contribution in [1.82, 2.24) is 4.98 Å². The van der Waals surface area contributed by atoms with E-state index in [-0.39, 0.29) is 10.8 Å². The molecule has 1 heterocycles. The second kappa shape index (κ2) is 9.64. The Morgan fingerprint density at radius 1 is 0.548 bits per heavy atom. The van der Waals surface area contributed by atoms with E-state index in [1.165, 1.54) is 53.8 Å². The Balaban J connectivity index is 1.69. The first kappa shape index (κ1) is 26.6. The van der Waals surface area contributed by atoms with Gasteiger partial charge in [-0.05, 0) is 72.7 Å². The summed E-state index contributed by atoms with van der Waals surface area (Å²) in [7, 11) is -2.76. The number of nitrogens with zero attached hydrogens (tertiary/aromatic N) is 1. The van der Waals surface area contributed by atoms with Crippen molar-refractivity contribution in [2.24, 2.45) is 0 Å². The molecule has 42 heavy (non-hydrogen) atoms. The molecule has 0 N–H and O–H groups in total. The van der Waals surface area contributed by atoms with E-state index >= 15 is 0 Å². The summed E-state index contributed by atoms with van der Waals surface area (Å²) < 4.78 is 0. The molecule has 0 radical (unpaired) electrons. The molecule has 1 aromatic heterocycles. The van der Waals surface area contributed by atoms with Gasteiger partial charge >= 0.3 is 0 Å². The second-order valence-electron chi connectivity index (χ2n) is 12.8. The van der Waals surface area contributed by atoms with Gasteiger partial charge in [0.1, 0.15) is 0 Å². The topological polar surface area (TPSA) is 12.9 Å². The first-order chi connectivity index (χ1) is 20.3. The van der Waals surface area contributed by atoms with Crippen LogP contribution in [0.4, 0.5) is 0 Å². The van der Waals surface area contributed by atoms with Gasteiger partial charge in [0.25, 0.3) is 0 Å². The number of hydrogen-bond acceptors (Lipinski definition) is 1. The molecule has 0 fully saturated rings. The summed E-state index contributed by atoms with van der Waals surface area (Å²) in [5.74, 6) is 0. The predicted octanol–water partition coefficient (Wildman–Crippen LogP) is 7.16. The van der Waals surface area contributed by atoms with Crippen molar-refractivity contribution in [1.29, 1.82) is 0 Å². The Hall–Kier alpha value is -4.27. The minimum atomic E-state index is -2.76. The third-order valence-corrected chi connectivity index (χ3v) is 15.2. The molecule has 0 unspecified atom stereocenters. The van der Waals surface area contributed by atoms with E-state index in [9.17, 15) is 0 Å². The predicted molar refractivity (Wildman–Crippen MR) is 182 cm³/mol. The summed E-state index contributed by atoms with van der Waals surface area (Å²) in [6, 6.07) is 47.3. The van der Waals surface area contributed by atoms with E-state index in [2.05, 4.69) is 168 Å². The fourth-order valence-corrected chi connectivity index (χ4v) is 12.9. The molecule has 0 atom stereocenters. The van der Waals surface area contributed by atoms with Crippen LogP contribution >= 0.6 is 0 Å². The Kier molecular flexibility index (Phi) is 6.11. The average Bonchev–Trinajstić information content (AvgIpc) is 3.02. The fourth-order valence-electron chi connectivity index (χ4n) is 7.79. The Morgan fingerprint density at radius 2 is 1.02 bits per heavy atom. The number of rotatable bonds is 4. The summed E-state index contributed by atoms with van der Waals surface area (Å²) in [4.78, 5) is 5.25. The average molecular weight is 560 g/mol. The minimum absolute atomic E-state index is 0.133. The molecule has 6 aromatic rings. The molecule has 0 spiro atoms. The molecule has 1 nitrogen and oxygen atoms in total. The van der Waals surface area contributed by atoms with Crippen molar-refractivity contribution >= 4 is 39.6 Å². The molecule has 1 aliphatic rings. The molecular weight excluding hydrogens is 523 g/mol. The molecule has 0 bridgehead atoms. The molecule has 7 rings (SSSR count). The van der Waals surface area contributed by atoms with Gasteiger partial charge in [0.05, 0.1) is 5.69 Å². The zero-order valence-electron chi connectivity index (χ0n) is 25.1. The monoisotopic (exact) mass is 559 g/mol. The molecule has 206 valence electrons. The van der Waals surface area contributed by atoms with Crippen LogP contribution in [0.15, 0.2) is 134 Å². The normalized spacial score (nSPS) is 15.2. The van der Waals surface area contributed by atoms with E-state index in [0.717, 1.165) is 5.69 Å². The van der Waals surface area contributed by atoms with Crippen LogP contribution in [0.25, 0.3) is 22.0 Å². The van der Waals surface area contributed by atoms with Gasteiger partial charge in [-0.15, -0.1) is 0 Å². The number of pyridine rings is 1. The summed E-state index contributed by atoms with van der Waals surface area (Å²) in [6.45, 7) is 12.1. The van der Waals surface area contributed by atoms with Crippen LogP contribution in [-0.2, 0) is 10.8 Å². The SMILES string of the molecule is Cc1c2c(cc3ccccc13)-c1nccc([Si](c3ccccc3)(c3ccccc3)c3ccccc3)c1C(C)(C)C2(C)C. The maximum atomic E-state index is 5.25. The smallest absolute Gasteiger partial charge is 0.180 e. The molecule has 0 amide bonds. The summed E-state index contributed by atoms with van der Waals surface area (Å²) >= 11 is 0. The Labute approximate surface area is 250 Å². The van der Waals surface area contributed by atoms with E-state index in [4.69, 9.17) is 4.98 Å². The molecule has 5 aromatic carbocycles. The number of benzene rings is 5. The Bertz CT molecular complexity index is 1830. The number of aromatic nitrogens is 1. The van der Waals surface area contributed by atoms with Crippen molar-refractivity contribution in [3.8, 4) is 11.3 Å². The first-order valence-electron chi connectivity index (χ1n) is 15.0. The minimum Gasteiger partial charge on any atom is -0.256 e. The van der Waals surface area contributed by atoms with Gasteiger partial charge in [0, 0.05) is 17.2 Å².